The molecule has 0 bridgehead atoms. The summed E-state index contributed by atoms with van der Waals surface area (Å²) in [4.78, 5) is 27.0. The molecule has 1 aliphatic rings. The maximum atomic E-state index is 12.2. The van der Waals surface area contributed by atoms with Crippen molar-refractivity contribution in [1.29, 1.82) is 0 Å². The summed E-state index contributed by atoms with van der Waals surface area (Å²) in [6.07, 6.45) is 1.37. The number of nitro benzene ring substituents is 1. The lowest BCUT2D eigenvalue weighted by molar-refractivity contribution is -0.385. The molecule has 1 heterocycles. The van der Waals surface area contributed by atoms with E-state index < -0.39 is 10.9 Å². The zero-order chi connectivity index (χ0) is 19.5. The summed E-state index contributed by atoms with van der Waals surface area (Å²) in [5.41, 5.74) is 2.99. The normalized spacial score (nSPS) is 14.6. The number of nitro groups is 1. The molecule has 6 heteroatoms. The van der Waals surface area contributed by atoms with E-state index in [0.717, 1.165) is 11.1 Å². The molecule has 0 saturated carbocycles. The van der Waals surface area contributed by atoms with Gasteiger partial charge >= 0.3 is 5.97 Å². The lowest BCUT2D eigenvalue weighted by Gasteiger charge is -2.03. The lowest BCUT2D eigenvalue weighted by atomic mass is 10.0. The summed E-state index contributed by atoms with van der Waals surface area (Å²) in [7, 11) is 0. The van der Waals surface area contributed by atoms with Crippen molar-refractivity contribution < 1.29 is 14.5 Å². The zero-order valence-electron chi connectivity index (χ0n) is 14.6. The van der Waals surface area contributed by atoms with Gasteiger partial charge < -0.3 is 4.74 Å². The number of esters is 1. The van der Waals surface area contributed by atoms with Crippen molar-refractivity contribution in [3.05, 3.63) is 106 Å². The van der Waals surface area contributed by atoms with Gasteiger partial charge in [-0.25, -0.2) is 9.79 Å². The van der Waals surface area contributed by atoms with Crippen molar-refractivity contribution >= 4 is 23.6 Å². The summed E-state index contributed by atoms with van der Waals surface area (Å²) >= 11 is 0. The van der Waals surface area contributed by atoms with E-state index in [1.54, 1.807) is 18.2 Å². The lowest BCUT2D eigenvalue weighted by Crippen LogP contribution is -2.05. The van der Waals surface area contributed by atoms with Crippen LogP contribution < -0.4 is 0 Å². The highest BCUT2D eigenvalue weighted by atomic mass is 16.6. The maximum absolute atomic E-state index is 12.2. The van der Waals surface area contributed by atoms with Crippen LogP contribution in [0.15, 0.2) is 89.6 Å². The van der Waals surface area contributed by atoms with E-state index in [9.17, 15) is 14.9 Å². The minimum absolute atomic E-state index is 0.0245. The summed E-state index contributed by atoms with van der Waals surface area (Å²) in [5.74, 6) is -0.463. The molecule has 0 unspecified atom stereocenters. The molecule has 0 radical (unpaired) electrons. The van der Waals surface area contributed by atoms with Gasteiger partial charge in [0.1, 0.15) is 0 Å². The van der Waals surface area contributed by atoms with E-state index in [1.165, 1.54) is 12.1 Å². The highest BCUT2D eigenvalue weighted by Crippen LogP contribution is 2.25. The molecule has 0 fully saturated rings. The first kappa shape index (κ1) is 17.4. The Morgan fingerprint density at radius 1 is 0.821 bits per heavy atom. The van der Waals surface area contributed by atoms with E-state index in [-0.39, 0.29) is 17.3 Å². The molecular weight excluding hydrogens is 356 g/mol. The van der Waals surface area contributed by atoms with Gasteiger partial charge in [-0.2, -0.15) is 0 Å². The minimum Gasteiger partial charge on any atom is -0.402 e. The van der Waals surface area contributed by atoms with Gasteiger partial charge in [0.05, 0.1) is 10.5 Å². The molecule has 3 aromatic rings. The summed E-state index contributed by atoms with van der Waals surface area (Å²) in [6, 6.07) is 23.5. The third-order valence-corrected chi connectivity index (χ3v) is 4.29. The Morgan fingerprint density at radius 3 is 2.14 bits per heavy atom. The fourth-order valence-corrected chi connectivity index (χ4v) is 2.89. The standard InChI is InChI=1S/C22H14N2O4/c25-22-19(14-18-8-4-5-9-20(18)24(26)27)23-21(28-22)17-12-10-16(11-13-17)15-6-2-1-3-7-15/h1-14H/b19-14-. The second-order valence-electron chi connectivity index (χ2n) is 6.10. The van der Waals surface area contributed by atoms with Crippen LogP contribution in [0.4, 0.5) is 5.69 Å². The molecule has 1 aliphatic heterocycles. The molecule has 0 amide bonds. The Hall–Kier alpha value is -4.06. The van der Waals surface area contributed by atoms with Gasteiger partial charge in [-0.05, 0) is 35.4 Å². The Labute approximate surface area is 160 Å². The van der Waals surface area contributed by atoms with Crippen LogP contribution in [-0.2, 0) is 9.53 Å². The first-order valence-corrected chi connectivity index (χ1v) is 8.54. The maximum Gasteiger partial charge on any atom is 0.363 e. The fraction of sp³-hybridized carbons (Fsp3) is 0. The van der Waals surface area contributed by atoms with Crippen molar-refractivity contribution in [2.24, 2.45) is 4.99 Å². The molecule has 0 spiro atoms. The first-order valence-electron chi connectivity index (χ1n) is 8.54. The number of benzene rings is 3. The summed E-state index contributed by atoms with van der Waals surface area (Å²) in [6.45, 7) is 0. The van der Waals surface area contributed by atoms with E-state index in [0.29, 0.717) is 11.1 Å². The van der Waals surface area contributed by atoms with Gasteiger partial charge in [-0.1, -0.05) is 54.6 Å². The Morgan fingerprint density at radius 2 is 1.43 bits per heavy atom. The van der Waals surface area contributed by atoms with Gasteiger partial charge in [0.2, 0.25) is 5.90 Å². The van der Waals surface area contributed by atoms with Crippen LogP contribution in [0, 0.1) is 10.1 Å². The first-order chi connectivity index (χ1) is 13.6. The van der Waals surface area contributed by atoms with Crippen LogP contribution in [0.1, 0.15) is 11.1 Å². The molecular formula is C22H14N2O4. The zero-order valence-corrected chi connectivity index (χ0v) is 14.6. The number of carbonyl (C=O) groups is 1. The number of para-hydroxylation sites is 1. The van der Waals surface area contributed by atoms with Crippen molar-refractivity contribution in [3.63, 3.8) is 0 Å². The van der Waals surface area contributed by atoms with E-state index >= 15 is 0 Å². The van der Waals surface area contributed by atoms with Gasteiger partial charge in [-0.15, -0.1) is 0 Å². The highest BCUT2D eigenvalue weighted by molar-refractivity contribution is 6.13. The van der Waals surface area contributed by atoms with E-state index in [1.807, 2.05) is 54.6 Å². The average Bonchev–Trinajstić information content (AvgIpc) is 3.09. The van der Waals surface area contributed by atoms with Crippen LogP contribution in [0.5, 0.6) is 0 Å². The monoisotopic (exact) mass is 370 g/mol. The summed E-state index contributed by atoms with van der Waals surface area (Å²) in [5, 5.41) is 11.1. The van der Waals surface area contributed by atoms with Gasteiger partial charge in [0.15, 0.2) is 5.70 Å². The molecule has 3 aromatic carbocycles. The molecule has 0 N–H and O–H groups in total. The number of nitrogens with zero attached hydrogens (tertiary/aromatic N) is 2. The quantitative estimate of drug-likeness (QED) is 0.291. The van der Waals surface area contributed by atoms with Crippen molar-refractivity contribution in [1.82, 2.24) is 0 Å². The van der Waals surface area contributed by atoms with Crippen molar-refractivity contribution in [2.45, 2.75) is 0 Å². The number of cyclic esters (lactones) is 1. The van der Waals surface area contributed by atoms with Crippen LogP contribution in [0.25, 0.3) is 17.2 Å². The average molecular weight is 370 g/mol. The third-order valence-electron chi connectivity index (χ3n) is 4.29. The second kappa shape index (κ2) is 7.28. The molecule has 0 aliphatic carbocycles. The van der Waals surface area contributed by atoms with Crippen LogP contribution >= 0.6 is 0 Å². The Balaban J connectivity index is 1.64. The predicted molar refractivity (Wildman–Crippen MR) is 106 cm³/mol. The molecule has 0 saturated heterocycles. The second-order valence-corrected chi connectivity index (χ2v) is 6.10. The smallest absolute Gasteiger partial charge is 0.363 e. The number of rotatable bonds is 4. The molecule has 0 aromatic heterocycles. The van der Waals surface area contributed by atoms with Crippen molar-refractivity contribution in [3.8, 4) is 11.1 Å². The number of hydrogen-bond acceptors (Lipinski definition) is 5. The van der Waals surface area contributed by atoms with Crippen LogP contribution in [0.3, 0.4) is 0 Å². The number of ether oxygens (including phenoxy) is 1. The highest BCUT2D eigenvalue weighted by Gasteiger charge is 2.25. The van der Waals surface area contributed by atoms with E-state index in [4.69, 9.17) is 4.74 Å². The largest absolute Gasteiger partial charge is 0.402 e. The van der Waals surface area contributed by atoms with Crippen LogP contribution in [-0.4, -0.2) is 16.8 Å². The number of carbonyl (C=O) groups excluding carboxylic acids is 1. The topological polar surface area (TPSA) is 81.8 Å². The predicted octanol–water partition coefficient (Wildman–Crippen LogP) is 4.61. The fourth-order valence-electron chi connectivity index (χ4n) is 2.89. The molecule has 0 atom stereocenters. The Kier molecular flexibility index (Phi) is 4.51. The third kappa shape index (κ3) is 3.43. The van der Waals surface area contributed by atoms with Gasteiger partial charge in [0.25, 0.3) is 5.69 Å². The summed E-state index contributed by atoms with van der Waals surface area (Å²) < 4.78 is 5.25. The van der Waals surface area contributed by atoms with Gasteiger partial charge in [-0.3, -0.25) is 10.1 Å². The van der Waals surface area contributed by atoms with Crippen molar-refractivity contribution in [2.75, 3.05) is 0 Å². The molecule has 4 rings (SSSR count). The Bertz CT molecular complexity index is 1120. The van der Waals surface area contributed by atoms with Crippen LogP contribution in [0.2, 0.25) is 0 Å². The number of hydrogen-bond donors (Lipinski definition) is 0. The molecule has 136 valence electrons. The number of aliphatic imine (C=N–C) groups is 1. The molecule has 6 nitrogen and oxygen atoms in total. The molecule has 28 heavy (non-hydrogen) atoms. The van der Waals surface area contributed by atoms with Gasteiger partial charge in [0, 0.05) is 11.6 Å². The SMILES string of the molecule is O=C1OC(c2ccc(-c3ccccc3)cc2)=N/C1=C\c1ccccc1[N+](=O)[O-]. The minimum atomic E-state index is -0.639. The van der Waals surface area contributed by atoms with E-state index in [2.05, 4.69) is 4.99 Å².